The molecule has 0 N–H and O–H groups in total. The fourth-order valence-electron chi connectivity index (χ4n) is 3.39. The van der Waals surface area contributed by atoms with Crippen LogP contribution in [0.3, 0.4) is 0 Å². The third-order valence-corrected chi connectivity index (χ3v) is 6.90. The monoisotopic (exact) mass is 407 g/mol. The summed E-state index contributed by atoms with van der Waals surface area (Å²) >= 11 is 0. The van der Waals surface area contributed by atoms with E-state index in [-0.39, 0.29) is 11.5 Å². The Hall–Kier alpha value is -2.96. The lowest BCUT2D eigenvalue weighted by molar-refractivity contribution is 0.0472. The minimum Gasteiger partial charge on any atom is -0.457 e. The normalized spacial score (nSPS) is 14.2. The quantitative estimate of drug-likeness (QED) is 0.604. The van der Waals surface area contributed by atoms with E-state index < -0.39 is 16.0 Å². The average molecular weight is 407 g/mol. The number of fused-ring (bicyclic) bond motifs is 1. The molecular formula is C23H21NO4S. The van der Waals surface area contributed by atoms with Crippen molar-refractivity contribution in [1.82, 2.24) is 4.31 Å². The first kappa shape index (κ1) is 19.4. The smallest absolute Gasteiger partial charge is 0.338 e. The molecule has 0 bridgehead atoms. The lowest BCUT2D eigenvalue weighted by Crippen LogP contribution is -2.35. The summed E-state index contributed by atoms with van der Waals surface area (Å²) in [6, 6.07) is 23.2. The van der Waals surface area contributed by atoms with Gasteiger partial charge in [-0.25, -0.2) is 13.2 Å². The number of ether oxygens (including phenoxy) is 1. The van der Waals surface area contributed by atoms with Gasteiger partial charge in [-0.2, -0.15) is 4.31 Å². The van der Waals surface area contributed by atoms with Crippen LogP contribution in [0.5, 0.6) is 0 Å². The molecule has 0 saturated heterocycles. The summed E-state index contributed by atoms with van der Waals surface area (Å²) in [5.41, 5.74) is 3.44. The topological polar surface area (TPSA) is 63.7 Å². The van der Waals surface area contributed by atoms with Crippen LogP contribution < -0.4 is 0 Å². The number of carbonyl (C=O) groups is 1. The zero-order chi connectivity index (χ0) is 20.3. The van der Waals surface area contributed by atoms with Crippen molar-refractivity contribution in [3.05, 3.63) is 101 Å². The number of hydrogen-bond donors (Lipinski definition) is 0. The number of sulfonamides is 1. The van der Waals surface area contributed by atoms with Crippen LogP contribution in [0.25, 0.3) is 0 Å². The highest BCUT2D eigenvalue weighted by Crippen LogP contribution is 2.25. The number of hydrogen-bond acceptors (Lipinski definition) is 4. The molecular weight excluding hydrogens is 386 g/mol. The predicted octanol–water partition coefficient (Wildman–Crippen LogP) is 3.79. The SMILES string of the molecule is O=C(OCc1ccccc1)c1ccc(S(=O)(=O)N2CCc3ccccc3C2)cc1. The number of rotatable bonds is 5. The fraction of sp³-hybridized carbons (Fsp3) is 0.174. The number of benzene rings is 3. The van der Waals surface area contributed by atoms with Gasteiger partial charge in [0.05, 0.1) is 10.5 Å². The van der Waals surface area contributed by atoms with Crippen molar-refractivity contribution < 1.29 is 17.9 Å². The van der Waals surface area contributed by atoms with Crippen LogP contribution >= 0.6 is 0 Å². The maximum Gasteiger partial charge on any atom is 0.338 e. The number of esters is 1. The summed E-state index contributed by atoms with van der Waals surface area (Å²) in [5.74, 6) is -0.482. The minimum atomic E-state index is -3.62. The van der Waals surface area contributed by atoms with E-state index in [0.717, 1.165) is 11.1 Å². The van der Waals surface area contributed by atoms with Crippen molar-refractivity contribution in [2.45, 2.75) is 24.5 Å². The Morgan fingerprint density at radius 2 is 1.52 bits per heavy atom. The molecule has 0 atom stereocenters. The van der Waals surface area contributed by atoms with Gasteiger partial charge in [-0.1, -0.05) is 54.6 Å². The van der Waals surface area contributed by atoms with E-state index >= 15 is 0 Å². The van der Waals surface area contributed by atoms with Crippen LogP contribution in [0.4, 0.5) is 0 Å². The Kier molecular flexibility index (Phi) is 5.47. The molecule has 0 aliphatic carbocycles. The van der Waals surface area contributed by atoms with Crippen molar-refractivity contribution >= 4 is 16.0 Å². The second kappa shape index (κ2) is 8.19. The Morgan fingerprint density at radius 1 is 0.862 bits per heavy atom. The fourth-order valence-corrected chi connectivity index (χ4v) is 4.81. The summed E-state index contributed by atoms with van der Waals surface area (Å²) in [6.07, 6.45) is 0.694. The van der Waals surface area contributed by atoms with E-state index in [1.54, 1.807) is 0 Å². The van der Waals surface area contributed by atoms with Crippen LogP contribution in [0, 0.1) is 0 Å². The Labute approximate surface area is 170 Å². The van der Waals surface area contributed by atoms with E-state index in [1.807, 2.05) is 54.6 Å². The molecule has 1 heterocycles. The van der Waals surface area contributed by atoms with Crippen molar-refractivity contribution in [2.75, 3.05) is 6.54 Å². The summed E-state index contributed by atoms with van der Waals surface area (Å²) in [6.45, 7) is 0.979. The molecule has 6 heteroatoms. The molecule has 0 spiro atoms. The zero-order valence-electron chi connectivity index (χ0n) is 15.8. The largest absolute Gasteiger partial charge is 0.457 e. The lowest BCUT2D eigenvalue weighted by atomic mass is 10.0. The van der Waals surface area contributed by atoms with Crippen LogP contribution in [-0.4, -0.2) is 25.2 Å². The summed E-state index contributed by atoms with van der Waals surface area (Å²) in [7, 11) is -3.62. The van der Waals surface area contributed by atoms with Crippen LogP contribution in [-0.2, 0) is 34.3 Å². The molecule has 4 rings (SSSR count). The highest BCUT2D eigenvalue weighted by Gasteiger charge is 2.28. The van der Waals surface area contributed by atoms with Crippen molar-refractivity contribution in [3.8, 4) is 0 Å². The van der Waals surface area contributed by atoms with E-state index in [2.05, 4.69) is 0 Å². The van der Waals surface area contributed by atoms with Gasteiger partial charge in [0.15, 0.2) is 0 Å². The van der Waals surface area contributed by atoms with Gasteiger partial charge in [0.25, 0.3) is 0 Å². The second-order valence-corrected chi connectivity index (χ2v) is 8.88. The number of carbonyl (C=O) groups excluding carboxylic acids is 1. The third-order valence-electron chi connectivity index (χ3n) is 5.04. The van der Waals surface area contributed by atoms with Gasteiger partial charge < -0.3 is 4.74 Å². The average Bonchev–Trinajstić information content (AvgIpc) is 2.78. The van der Waals surface area contributed by atoms with Crippen LogP contribution in [0.15, 0.2) is 83.8 Å². The molecule has 3 aromatic carbocycles. The highest BCUT2D eigenvalue weighted by atomic mass is 32.2. The standard InChI is InChI=1S/C23H21NO4S/c25-23(28-17-18-6-2-1-3-7-18)20-10-12-22(13-11-20)29(26,27)24-15-14-19-8-4-5-9-21(19)16-24/h1-13H,14-17H2. The maximum absolute atomic E-state index is 13.0. The predicted molar refractivity (Wildman–Crippen MR) is 110 cm³/mol. The van der Waals surface area contributed by atoms with Crippen molar-refractivity contribution in [3.63, 3.8) is 0 Å². The van der Waals surface area contributed by atoms with E-state index in [9.17, 15) is 13.2 Å². The first-order chi connectivity index (χ1) is 14.0. The van der Waals surface area contributed by atoms with Gasteiger partial charge in [-0.3, -0.25) is 0 Å². The highest BCUT2D eigenvalue weighted by molar-refractivity contribution is 7.89. The summed E-state index contributed by atoms with van der Waals surface area (Å²) < 4.78 is 32.8. The molecule has 3 aromatic rings. The summed E-state index contributed by atoms with van der Waals surface area (Å²) in [5, 5.41) is 0. The van der Waals surface area contributed by atoms with Gasteiger partial charge in [0.2, 0.25) is 10.0 Å². The first-order valence-electron chi connectivity index (χ1n) is 9.42. The third kappa shape index (κ3) is 4.23. The van der Waals surface area contributed by atoms with E-state index in [0.29, 0.717) is 25.1 Å². The molecule has 0 fully saturated rings. The van der Waals surface area contributed by atoms with Crippen LogP contribution in [0.1, 0.15) is 27.0 Å². The molecule has 0 amide bonds. The number of nitrogens with zero attached hydrogens (tertiary/aromatic N) is 1. The molecule has 1 aliphatic rings. The second-order valence-electron chi connectivity index (χ2n) is 6.94. The Morgan fingerprint density at radius 3 is 2.24 bits per heavy atom. The lowest BCUT2D eigenvalue weighted by Gasteiger charge is -2.28. The van der Waals surface area contributed by atoms with E-state index in [1.165, 1.54) is 34.1 Å². The maximum atomic E-state index is 13.0. The Bertz CT molecular complexity index is 1110. The molecule has 148 valence electrons. The molecule has 0 saturated carbocycles. The van der Waals surface area contributed by atoms with Gasteiger partial charge in [0, 0.05) is 13.1 Å². The van der Waals surface area contributed by atoms with Crippen molar-refractivity contribution in [2.24, 2.45) is 0 Å². The van der Waals surface area contributed by atoms with Gasteiger partial charge in [0.1, 0.15) is 6.61 Å². The van der Waals surface area contributed by atoms with Gasteiger partial charge in [-0.15, -0.1) is 0 Å². The Balaban J connectivity index is 1.45. The van der Waals surface area contributed by atoms with Crippen molar-refractivity contribution in [1.29, 1.82) is 0 Å². The van der Waals surface area contributed by atoms with Gasteiger partial charge in [-0.05, 0) is 47.4 Å². The molecule has 0 aromatic heterocycles. The van der Waals surface area contributed by atoms with Crippen LogP contribution in [0.2, 0.25) is 0 Å². The molecule has 5 nitrogen and oxygen atoms in total. The van der Waals surface area contributed by atoms with E-state index in [4.69, 9.17) is 4.74 Å². The molecule has 1 aliphatic heterocycles. The molecule has 29 heavy (non-hydrogen) atoms. The first-order valence-corrected chi connectivity index (χ1v) is 10.9. The molecule has 0 radical (unpaired) electrons. The summed E-state index contributed by atoms with van der Waals surface area (Å²) in [4.78, 5) is 12.4. The molecule has 0 unspecified atom stereocenters. The minimum absolute atomic E-state index is 0.174. The zero-order valence-corrected chi connectivity index (χ0v) is 16.6. The van der Waals surface area contributed by atoms with Gasteiger partial charge >= 0.3 is 5.97 Å².